The Morgan fingerprint density at radius 3 is 2.56 bits per heavy atom. The van der Waals surface area contributed by atoms with Gasteiger partial charge in [0.05, 0.1) is 19.9 Å². The topological polar surface area (TPSA) is 104 Å². The van der Waals surface area contributed by atoms with E-state index in [0.717, 1.165) is 5.69 Å². The fourth-order valence-electron chi connectivity index (χ4n) is 2.60. The third-order valence-electron chi connectivity index (χ3n) is 3.86. The third kappa shape index (κ3) is 3.76. The Hall–Kier alpha value is -3.36. The first-order chi connectivity index (χ1) is 12.9. The number of ether oxygens (including phenoxy) is 2. The maximum absolute atomic E-state index is 12.5. The first-order valence-corrected chi connectivity index (χ1v) is 8.36. The summed E-state index contributed by atoms with van der Waals surface area (Å²) in [4.78, 5) is 12.5. The molecule has 0 aliphatic heterocycles. The standard InChI is InChI=1S/C18H21N5O4/c1-10(2)23-13(8-11(3)22-23)16(24)19-18-21-20-17(27-18)12-6-7-14(25-4)15(9-12)26-5/h6-10H,1-5H3,(H,19,21,24). The molecule has 0 atom stereocenters. The second kappa shape index (κ2) is 7.48. The lowest BCUT2D eigenvalue weighted by molar-refractivity contribution is 0.101. The molecule has 0 bridgehead atoms. The lowest BCUT2D eigenvalue weighted by Gasteiger charge is -2.09. The molecule has 2 aromatic heterocycles. The molecule has 0 radical (unpaired) electrons. The fourth-order valence-corrected chi connectivity index (χ4v) is 2.60. The minimum atomic E-state index is -0.369. The number of nitrogens with one attached hydrogen (secondary N) is 1. The zero-order chi connectivity index (χ0) is 19.6. The first-order valence-electron chi connectivity index (χ1n) is 8.36. The summed E-state index contributed by atoms with van der Waals surface area (Å²) in [6.45, 7) is 5.73. The average molecular weight is 371 g/mol. The number of rotatable bonds is 6. The molecule has 1 N–H and O–H groups in total. The van der Waals surface area contributed by atoms with Crippen molar-refractivity contribution >= 4 is 11.9 Å². The van der Waals surface area contributed by atoms with Gasteiger partial charge in [0.1, 0.15) is 5.69 Å². The molecule has 0 aliphatic carbocycles. The fraction of sp³-hybridized carbons (Fsp3) is 0.333. The SMILES string of the molecule is COc1ccc(-c2nnc(NC(=O)c3cc(C)nn3C(C)C)o2)cc1OC. The lowest BCUT2D eigenvalue weighted by Crippen LogP contribution is -2.19. The summed E-state index contributed by atoms with van der Waals surface area (Å²) in [7, 11) is 3.10. The van der Waals surface area contributed by atoms with Gasteiger partial charge in [-0.25, -0.2) is 0 Å². The zero-order valence-corrected chi connectivity index (χ0v) is 15.8. The van der Waals surface area contributed by atoms with E-state index in [1.165, 1.54) is 0 Å². The molecule has 1 aromatic carbocycles. The smallest absolute Gasteiger partial charge is 0.322 e. The molecule has 0 saturated carbocycles. The van der Waals surface area contributed by atoms with Crippen molar-refractivity contribution in [2.45, 2.75) is 26.8 Å². The second-order valence-corrected chi connectivity index (χ2v) is 6.15. The predicted molar refractivity (Wildman–Crippen MR) is 98.1 cm³/mol. The van der Waals surface area contributed by atoms with Crippen LogP contribution < -0.4 is 14.8 Å². The minimum absolute atomic E-state index is 0.000978. The molecule has 0 unspecified atom stereocenters. The van der Waals surface area contributed by atoms with Crippen LogP contribution in [0.1, 0.15) is 36.1 Å². The molecule has 27 heavy (non-hydrogen) atoms. The zero-order valence-electron chi connectivity index (χ0n) is 15.8. The maximum atomic E-state index is 12.5. The number of anilines is 1. The number of carbonyl (C=O) groups is 1. The molecule has 9 heteroatoms. The largest absolute Gasteiger partial charge is 0.493 e. The van der Waals surface area contributed by atoms with Gasteiger partial charge < -0.3 is 13.9 Å². The van der Waals surface area contributed by atoms with Crippen molar-refractivity contribution in [2.24, 2.45) is 0 Å². The van der Waals surface area contributed by atoms with Crippen molar-refractivity contribution in [2.75, 3.05) is 19.5 Å². The van der Waals surface area contributed by atoms with E-state index in [-0.39, 0.29) is 23.9 Å². The summed E-state index contributed by atoms with van der Waals surface area (Å²) in [5, 5.41) is 14.8. The van der Waals surface area contributed by atoms with Gasteiger partial charge in [0.2, 0.25) is 5.89 Å². The van der Waals surface area contributed by atoms with E-state index in [1.807, 2.05) is 20.8 Å². The van der Waals surface area contributed by atoms with Gasteiger partial charge in [-0.15, -0.1) is 5.10 Å². The number of benzene rings is 1. The van der Waals surface area contributed by atoms with Crippen LogP contribution in [-0.2, 0) is 0 Å². The summed E-state index contributed by atoms with van der Waals surface area (Å²) < 4.78 is 17.7. The van der Waals surface area contributed by atoms with Gasteiger partial charge in [-0.3, -0.25) is 14.8 Å². The van der Waals surface area contributed by atoms with Crippen LogP contribution >= 0.6 is 0 Å². The van der Waals surface area contributed by atoms with Crippen molar-refractivity contribution < 1.29 is 18.7 Å². The van der Waals surface area contributed by atoms with Crippen LogP contribution in [0.5, 0.6) is 11.5 Å². The summed E-state index contributed by atoms with van der Waals surface area (Å²) in [6, 6.07) is 6.97. The van der Waals surface area contributed by atoms with Crippen LogP contribution in [0.25, 0.3) is 11.5 Å². The van der Waals surface area contributed by atoms with Crippen molar-refractivity contribution in [1.82, 2.24) is 20.0 Å². The molecule has 0 aliphatic rings. The highest BCUT2D eigenvalue weighted by molar-refractivity contribution is 6.02. The van der Waals surface area contributed by atoms with Gasteiger partial charge in [0.15, 0.2) is 11.5 Å². The average Bonchev–Trinajstić information content (AvgIpc) is 3.27. The second-order valence-electron chi connectivity index (χ2n) is 6.15. The molecule has 3 rings (SSSR count). The first kappa shape index (κ1) is 18.4. The van der Waals surface area contributed by atoms with E-state index in [0.29, 0.717) is 22.8 Å². The Kier molecular flexibility index (Phi) is 5.11. The Labute approximate surface area is 156 Å². The van der Waals surface area contributed by atoms with Crippen molar-refractivity contribution in [3.05, 3.63) is 35.7 Å². The number of methoxy groups -OCH3 is 2. The van der Waals surface area contributed by atoms with Crippen LogP contribution in [0.3, 0.4) is 0 Å². The van der Waals surface area contributed by atoms with Crippen molar-refractivity contribution in [3.63, 3.8) is 0 Å². The minimum Gasteiger partial charge on any atom is -0.493 e. The van der Waals surface area contributed by atoms with Crippen LogP contribution in [0.15, 0.2) is 28.7 Å². The van der Waals surface area contributed by atoms with E-state index >= 15 is 0 Å². The number of aromatic nitrogens is 4. The van der Waals surface area contributed by atoms with Crippen LogP contribution in [0.4, 0.5) is 6.01 Å². The normalized spacial score (nSPS) is 10.9. The van der Waals surface area contributed by atoms with Gasteiger partial charge >= 0.3 is 6.01 Å². The molecule has 0 fully saturated rings. The van der Waals surface area contributed by atoms with E-state index < -0.39 is 0 Å². The van der Waals surface area contributed by atoms with Crippen LogP contribution in [-0.4, -0.2) is 40.1 Å². The third-order valence-corrected chi connectivity index (χ3v) is 3.86. The number of nitrogens with zero attached hydrogens (tertiary/aromatic N) is 4. The predicted octanol–water partition coefficient (Wildman–Crippen LogP) is 3.09. The molecule has 9 nitrogen and oxygen atoms in total. The molecule has 142 valence electrons. The van der Waals surface area contributed by atoms with Crippen molar-refractivity contribution in [3.8, 4) is 23.0 Å². The van der Waals surface area contributed by atoms with Gasteiger partial charge in [-0.05, 0) is 45.0 Å². The van der Waals surface area contributed by atoms with E-state index in [1.54, 1.807) is 43.2 Å². The Morgan fingerprint density at radius 1 is 1.15 bits per heavy atom. The monoisotopic (exact) mass is 371 g/mol. The van der Waals surface area contributed by atoms with Gasteiger partial charge in [-0.2, -0.15) is 5.10 Å². The van der Waals surface area contributed by atoms with Crippen molar-refractivity contribution in [1.29, 1.82) is 0 Å². The van der Waals surface area contributed by atoms with Gasteiger partial charge in [-0.1, -0.05) is 5.10 Å². The number of hydrogen-bond acceptors (Lipinski definition) is 7. The highest BCUT2D eigenvalue weighted by Gasteiger charge is 2.19. The Morgan fingerprint density at radius 2 is 1.89 bits per heavy atom. The van der Waals surface area contributed by atoms with Crippen LogP contribution in [0, 0.1) is 6.92 Å². The quantitative estimate of drug-likeness (QED) is 0.710. The Balaban J connectivity index is 1.82. The summed E-state index contributed by atoms with van der Waals surface area (Å²) in [6.07, 6.45) is 0. The molecular weight excluding hydrogens is 350 g/mol. The Bertz CT molecular complexity index is 961. The number of aryl methyl sites for hydroxylation is 1. The number of carbonyl (C=O) groups excluding carboxylic acids is 1. The molecule has 0 spiro atoms. The molecule has 3 aromatic rings. The number of hydrogen-bond donors (Lipinski definition) is 1. The van der Waals surface area contributed by atoms with Gasteiger partial charge in [0, 0.05) is 11.6 Å². The summed E-state index contributed by atoms with van der Waals surface area (Å²) >= 11 is 0. The highest BCUT2D eigenvalue weighted by atomic mass is 16.5. The summed E-state index contributed by atoms with van der Waals surface area (Å²) in [5.74, 6) is 1.01. The van der Waals surface area contributed by atoms with Crippen LogP contribution in [0.2, 0.25) is 0 Å². The number of amides is 1. The molecular formula is C18H21N5O4. The lowest BCUT2D eigenvalue weighted by atomic mass is 10.2. The highest BCUT2D eigenvalue weighted by Crippen LogP contribution is 2.32. The van der Waals surface area contributed by atoms with E-state index in [9.17, 15) is 4.79 Å². The maximum Gasteiger partial charge on any atom is 0.322 e. The van der Waals surface area contributed by atoms with E-state index in [2.05, 4.69) is 20.6 Å². The summed E-state index contributed by atoms with van der Waals surface area (Å²) in [5.41, 5.74) is 1.82. The molecule has 2 heterocycles. The van der Waals surface area contributed by atoms with Gasteiger partial charge in [0.25, 0.3) is 5.91 Å². The van der Waals surface area contributed by atoms with E-state index in [4.69, 9.17) is 13.9 Å². The molecule has 1 amide bonds. The molecule has 0 saturated heterocycles.